The lowest BCUT2D eigenvalue weighted by molar-refractivity contribution is -0.0732. The predicted octanol–water partition coefficient (Wildman–Crippen LogP) is -1.21. The first-order valence-corrected chi connectivity index (χ1v) is 6.84. The average molecular weight is 309 g/mol. The summed E-state index contributed by atoms with van der Waals surface area (Å²) in [7, 11) is 0. The van der Waals surface area contributed by atoms with Crippen LogP contribution in [-0.4, -0.2) is 51.3 Å². The molecule has 2 rings (SSSR count). The van der Waals surface area contributed by atoms with Gasteiger partial charge < -0.3 is 25.4 Å². The molecule has 1 saturated heterocycles. The van der Waals surface area contributed by atoms with Gasteiger partial charge in [0.25, 0.3) is 0 Å². The number of nitrogen functional groups attached to an aromatic ring is 1. The molecule has 1 aliphatic rings. The molecule has 4 unspecified atom stereocenters. The second-order valence-corrected chi connectivity index (χ2v) is 5.03. The third kappa shape index (κ3) is 3.13. The minimum atomic E-state index is -1.09. The number of aryl methyl sites for hydroxylation is 1. The minimum Gasteiger partial charge on any atom is -0.394 e. The Morgan fingerprint density at radius 1 is 1.64 bits per heavy atom. The number of aromatic nitrogens is 2. The Hall–Kier alpha value is -1.92. The lowest BCUT2D eigenvalue weighted by Crippen LogP contribution is -2.38. The van der Waals surface area contributed by atoms with Gasteiger partial charge in [-0.2, -0.15) is 4.98 Å². The number of ether oxygens (including phenoxy) is 2. The van der Waals surface area contributed by atoms with Crippen molar-refractivity contribution in [2.45, 2.75) is 37.9 Å². The van der Waals surface area contributed by atoms with Crippen LogP contribution in [0.25, 0.3) is 0 Å². The zero-order chi connectivity index (χ0) is 16.3. The molecule has 4 atom stereocenters. The molecule has 120 valence electrons. The average Bonchev–Trinajstić information content (AvgIpc) is 2.80. The minimum absolute atomic E-state index is 0.128. The Balaban J connectivity index is 2.32. The van der Waals surface area contributed by atoms with E-state index >= 15 is 0 Å². The van der Waals surface area contributed by atoms with Gasteiger partial charge in [-0.05, 0) is 6.92 Å². The summed E-state index contributed by atoms with van der Waals surface area (Å²) in [4.78, 5) is 15.7. The quantitative estimate of drug-likeness (QED) is 0.461. The molecule has 1 aromatic rings. The van der Waals surface area contributed by atoms with Gasteiger partial charge in [-0.3, -0.25) is 4.57 Å². The van der Waals surface area contributed by atoms with E-state index in [9.17, 15) is 15.0 Å². The van der Waals surface area contributed by atoms with Crippen LogP contribution in [0.1, 0.15) is 18.2 Å². The summed E-state index contributed by atoms with van der Waals surface area (Å²) >= 11 is 0. The number of aliphatic hydroxyl groups is 2. The number of terminal acetylenes is 1. The van der Waals surface area contributed by atoms with Crippen molar-refractivity contribution in [2.24, 2.45) is 0 Å². The zero-order valence-electron chi connectivity index (χ0n) is 12.2. The van der Waals surface area contributed by atoms with Crippen LogP contribution >= 0.6 is 0 Å². The lowest BCUT2D eigenvalue weighted by Gasteiger charge is -2.22. The van der Waals surface area contributed by atoms with Gasteiger partial charge in [-0.1, -0.05) is 0 Å². The fraction of sp³-hybridized carbons (Fsp3) is 0.571. The molecule has 0 spiro atoms. The van der Waals surface area contributed by atoms with Crippen LogP contribution in [0.15, 0.2) is 11.0 Å². The molecule has 8 heteroatoms. The number of aliphatic hydroxyl groups excluding tert-OH is 2. The summed E-state index contributed by atoms with van der Waals surface area (Å²) in [5.74, 6) is 2.55. The molecule has 0 aliphatic carbocycles. The molecule has 8 nitrogen and oxygen atoms in total. The van der Waals surface area contributed by atoms with E-state index in [1.807, 2.05) is 0 Å². The topological polar surface area (TPSA) is 120 Å². The third-order valence-electron chi connectivity index (χ3n) is 3.50. The highest BCUT2D eigenvalue weighted by Gasteiger charge is 2.45. The monoisotopic (exact) mass is 309 g/mol. The van der Waals surface area contributed by atoms with Gasteiger partial charge >= 0.3 is 5.69 Å². The highest BCUT2D eigenvalue weighted by molar-refractivity contribution is 5.35. The van der Waals surface area contributed by atoms with E-state index in [1.54, 1.807) is 6.92 Å². The smallest absolute Gasteiger partial charge is 0.351 e. The zero-order valence-corrected chi connectivity index (χ0v) is 12.2. The van der Waals surface area contributed by atoms with E-state index in [4.69, 9.17) is 21.6 Å². The predicted molar refractivity (Wildman–Crippen MR) is 77.8 cm³/mol. The van der Waals surface area contributed by atoms with E-state index in [1.165, 1.54) is 10.8 Å². The van der Waals surface area contributed by atoms with Crippen LogP contribution in [0.5, 0.6) is 0 Å². The Morgan fingerprint density at radius 3 is 3.00 bits per heavy atom. The lowest BCUT2D eigenvalue weighted by atomic mass is 10.1. The summed E-state index contributed by atoms with van der Waals surface area (Å²) in [6, 6.07) is 0. The second-order valence-electron chi connectivity index (χ2n) is 5.03. The molecule has 0 radical (unpaired) electrons. The largest absolute Gasteiger partial charge is 0.394 e. The van der Waals surface area contributed by atoms with Gasteiger partial charge in [-0.25, -0.2) is 4.79 Å². The first-order valence-electron chi connectivity index (χ1n) is 6.84. The van der Waals surface area contributed by atoms with Crippen LogP contribution in [0.2, 0.25) is 0 Å². The molecule has 2 heterocycles. The summed E-state index contributed by atoms with van der Waals surface area (Å²) < 4.78 is 12.3. The number of rotatable bonds is 5. The van der Waals surface area contributed by atoms with Crippen molar-refractivity contribution in [3.8, 4) is 12.3 Å². The maximum atomic E-state index is 12.0. The van der Waals surface area contributed by atoms with Crippen molar-refractivity contribution < 1.29 is 19.7 Å². The number of hydrogen-bond donors (Lipinski definition) is 3. The van der Waals surface area contributed by atoms with Gasteiger partial charge in [0.1, 0.15) is 24.1 Å². The second kappa shape index (κ2) is 6.89. The molecule has 0 amide bonds. The number of nitrogens with zero attached hydrogens (tertiary/aromatic N) is 2. The van der Waals surface area contributed by atoms with Gasteiger partial charge in [0.15, 0.2) is 6.23 Å². The Morgan fingerprint density at radius 2 is 2.36 bits per heavy atom. The Kier molecular flexibility index (Phi) is 5.15. The van der Waals surface area contributed by atoms with E-state index in [0.29, 0.717) is 12.0 Å². The Bertz CT molecular complexity index is 624. The van der Waals surface area contributed by atoms with E-state index in [0.717, 1.165) is 0 Å². The molecule has 0 bridgehead atoms. The molecule has 1 aliphatic heterocycles. The summed E-state index contributed by atoms with van der Waals surface area (Å²) in [6.07, 6.45) is 3.31. The van der Waals surface area contributed by atoms with Crippen LogP contribution in [0, 0.1) is 19.3 Å². The van der Waals surface area contributed by atoms with Crippen LogP contribution in [0.4, 0.5) is 5.82 Å². The Labute approximate surface area is 127 Å². The fourth-order valence-corrected chi connectivity index (χ4v) is 2.29. The molecule has 1 fully saturated rings. The fourth-order valence-electron chi connectivity index (χ4n) is 2.29. The third-order valence-corrected chi connectivity index (χ3v) is 3.50. The highest BCUT2D eigenvalue weighted by atomic mass is 16.6. The normalized spacial score (nSPS) is 27.7. The van der Waals surface area contributed by atoms with Crippen molar-refractivity contribution in [3.63, 3.8) is 0 Å². The number of hydrogen-bond acceptors (Lipinski definition) is 7. The molecule has 22 heavy (non-hydrogen) atoms. The molecule has 1 aromatic heterocycles. The van der Waals surface area contributed by atoms with Crippen molar-refractivity contribution in [1.82, 2.24) is 9.55 Å². The summed E-state index contributed by atoms with van der Waals surface area (Å²) in [6.45, 7) is 1.50. The van der Waals surface area contributed by atoms with Crippen LogP contribution < -0.4 is 11.4 Å². The highest BCUT2D eigenvalue weighted by Crippen LogP contribution is 2.31. The van der Waals surface area contributed by atoms with Crippen molar-refractivity contribution in [2.75, 3.05) is 18.9 Å². The van der Waals surface area contributed by atoms with Gasteiger partial charge in [0.05, 0.1) is 13.2 Å². The van der Waals surface area contributed by atoms with E-state index in [-0.39, 0.29) is 12.4 Å². The summed E-state index contributed by atoms with van der Waals surface area (Å²) in [5.41, 5.74) is 5.56. The molecule has 4 N–H and O–H groups in total. The first kappa shape index (κ1) is 16.5. The number of nitrogens with two attached hydrogens (primary N) is 1. The maximum absolute atomic E-state index is 12.0. The van der Waals surface area contributed by atoms with Gasteiger partial charge in [0.2, 0.25) is 0 Å². The molecular formula is C14H19N3O5. The summed E-state index contributed by atoms with van der Waals surface area (Å²) in [5, 5.41) is 19.4. The molecule has 0 aromatic carbocycles. The van der Waals surface area contributed by atoms with Gasteiger partial charge in [0, 0.05) is 18.2 Å². The van der Waals surface area contributed by atoms with Crippen LogP contribution in [0.3, 0.4) is 0 Å². The van der Waals surface area contributed by atoms with E-state index < -0.39 is 36.8 Å². The van der Waals surface area contributed by atoms with E-state index in [2.05, 4.69) is 10.9 Å². The molecule has 0 saturated carbocycles. The molecular weight excluding hydrogens is 290 g/mol. The van der Waals surface area contributed by atoms with Crippen LogP contribution in [-0.2, 0) is 9.47 Å². The SMILES string of the molecule is C#CCCOC1C(O)C(CO)OC1n1cc(C)c(N)nc1=O. The number of anilines is 1. The van der Waals surface area contributed by atoms with Crippen molar-refractivity contribution in [3.05, 3.63) is 22.2 Å². The first-order chi connectivity index (χ1) is 10.5. The van der Waals surface area contributed by atoms with Gasteiger partial charge in [-0.15, -0.1) is 12.3 Å². The maximum Gasteiger partial charge on any atom is 0.351 e. The van der Waals surface area contributed by atoms with Crippen molar-refractivity contribution in [1.29, 1.82) is 0 Å². The standard InChI is InChI=1S/C14H19N3O5/c1-3-4-5-21-11-10(19)9(7-18)22-13(11)17-6-8(2)12(15)16-14(17)20/h1,6,9-11,13,18-19H,4-5,7H2,2H3,(H2,15,16,20). The van der Waals surface area contributed by atoms with Crippen molar-refractivity contribution >= 4 is 5.82 Å².